The van der Waals surface area contributed by atoms with Crippen molar-refractivity contribution >= 4 is 27.5 Å². The molecule has 1 aromatic heterocycles. The van der Waals surface area contributed by atoms with E-state index in [1.54, 1.807) is 4.68 Å². The quantitative estimate of drug-likeness (QED) is 0.478. The first-order valence-corrected chi connectivity index (χ1v) is 9.56. The van der Waals surface area contributed by atoms with Gasteiger partial charge in [-0.05, 0) is 43.3 Å². The Labute approximate surface area is 171 Å². The first-order valence-electron chi connectivity index (χ1n) is 8.76. The lowest BCUT2D eigenvalue weighted by Crippen LogP contribution is -2.14. The molecular weight excluding hydrogens is 416 g/mol. The van der Waals surface area contributed by atoms with E-state index in [1.165, 1.54) is 0 Å². The van der Waals surface area contributed by atoms with Crippen LogP contribution < -0.4 is 5.32 Å². The Morgan fingerprint density at radius 2 is 1.61 bits per heavy atom. The molecule has 28 heavy (non-hydrogen) atoms. The first kappa shape index (κ1) is 18.1. The van der Waals surface area contributed by atoms with Crippen molar-refractivity contribution in [1.82, 2.24) is 14.8 Å². The van der Waals surface area contributed by atoms with E-state index in [-0.39, 0.29) is 11.7 Å². The molecule has 0 spiro atoms. The van der Waals surface area contributed by atoms with E-state index in [0.29, 0.717) is 11.5 Å². The number of hydrogen-bond acceptors (Lipinski definition) is 3. The molecule has 6 heteroatoms. The molecule has 0 aliphatic carbocycles. The number of aryl methyl sites for hydroxylation is 1. The molecule has 0 bridgehead atoms. The van der Waals surface area contributed by atoms with Crippen molar-refractivity contribution in [3.63, 3.8) is 0 Å². The third kappa shape index (κ3) is 3.87. The number of nitrogens with zero attached hydrogens (tertiary/aromatic N) is 3. The van der Waals surface area contributed by atoms with E-state index >= 15 is 0 Å². The van der Waals surface area contributed by atoms with E-state index in [1.807, 2.05) is 85.8 Å². The molecule has 0 aliphatic heterocycles. The summed E-state index contributed by atoms with van der Waals surface area (Å²) in [6, 6.07) is 25.0. The fraction of sp³-hybridized carbons (Fsp3) is 0.0455. The highest BCUT2D eigenvalue weighted by Gasteiger charge is 2.19. The third-order valence-electron chi connectivity index (χ3n) is 4.22. The highest BCUT2D eigenvalue weighted by atomic mass is 79.9. The maximum absolute atomic E-state index is 12.7. The van der Waals surface area contributed by atoms with Crippen molar-refractivity contribution in [2.24, 2.45) is 0 Å². The number of halogens is 1. The van der Waals surface area contributed by atoms with E-state index in [0.717, 1.165) is 21.3 Å². The van der Waals surface area contributed by atoms with Crippen LogP contribution in [0.2, 0.25) is 0 Å². The van der Waals surface area contributed by atoms with Gasteiger partial charge < -0.3 is 5.32 Å². The summed E-state index contributed by atoms with van der Waals surface area (Å²) in [5, 5.41) is 7.33. The van der Waals surface area contributed by atoms with Gasteiger partial charge in [-0.15, -0.1) is 5.10 Å². The van der Waals surface area contributed by atoms with Gasteiger partial charge in [0.05, 0.1) is 5.69 Å². The second kappa shape index (κ2) is 7.78. The van der Waals surface area contributed by atoms with Crippen molar-refractivity contribution < 1.29 is 4.79 Å². The number of carbonyl (C=O) groups excluding carboxylic acids is 1. The molecule has 0 saturated heterocycles. The minimum Gasteiger partial charge on any atom is -0.319 e. The lowest BCUT2D eigenvalue weighted by molar-refractivity contribution is 0.101. The average molecular weight is 433 g/mol. The van der Waals surface area contributed by atoms with Crippen LogP contribution in [0.1, 0.15) is 16.2 Å². The first-order chi connectivity index (χ1) is 13.6. The molecule has 0 unspecified atom stereocenters. The standard InChI is InChI=1S/C22H17BrN4O/c1-15-7-13-18(14-8-15)24-22(28)20-25-21(16-9-11-17(23)12-10-16)27(26-20)19-5-3-2-4-6-19/h2-14H,1H3,(H,24,28). The Hall–Kier alpha value is -3.25. The monoisotopic (exact) mass is 432 g/mol. The van der Waals surface area contributed by atoms with Crippen LogP contribution in [-0.2, 0) is 0 Å². The summed E-state index contributed by atoms with van der Waals surface area (Å²) in [6.45, 7) is 2.00. The highest BCUT2D eigenvalue weighted by molar-refractivity contribution is 9.10. The number of carbonyl (C=O) groups is 1. The normalized spacial score (nSPS) is 10.6. The van der Waals surface area contributed by atoms with Gasteiger partial charge in [-0.3, -0.25) is 4.79 Å². The zero-order valence-corrected chi connectivity index (χ0v) is 16.7. The second-order valence-corrected chi connectivity index (χ2v) is 7.25. The number of rotatable bonds is 4. The van der Waals surface area contributed by atoms with Gasteiger partial charge >= 0.3 is 0 Å². The minimum absolute atomic E-state index is 0.113. The number of hydrogen-bond donors (Lipinski definition) is 1. The van der Waals surface area contributed by atoms with Crippen LogP contribution >= 0.6 is 15.9 Å². The maximum atomic E-state index is 12.7. The summed E-state index contributed by atoms with van der Waals surface area (Å²) in [5.74, 6) is 0.368. The Bertz CT molecular complexity index is 1100. The fourth-order valence-corrected chi connectivity index (χ4v) is 3.03. The topological polar surface area (TPSA) is 59.8 Å². The lowest BCUT2D eigenvalue weighted by Gasteiger charge is -2.05. The SMILES string of the molecule is Cc1ccc(NC(=O)c2nc(-c3ccc(Br)cc3)n(-c3ccccc3)n2)cc1. The van der Waals surface area contributed by atoms with Gasteiger partial charge in [0.2, 0.25) is 5.82 Å². The van der Waals surface area contributed by atoms with E-state index < -0.39 is 0 Å². The molecule has 0 fully saturated rings. The summed E-state index contributed by atoms with van der Waals surface area (Å²) < 4.78 is 2.66. The van der Waals surface area contributed by atoms with Gasteiger partial charge in [0.25, 0.3) is 5.91 Å². The fourth-order valence-electron chi connectivity index (χ4n) is 2.77. The molecule has 1 amide bonds. The maximum Gasteiger partial charge on any atom is 0.295 e. The Balaban J connectivity index is 1.73. The van der Waals surface area contributed by atoms with Crippen LogP contribution in [0.25, 0.3) is 17.1 Å². The van der Waals surface area contributed by atoms with E-state index in [9.17, 15) is 4.79 Å². The number of aromatic nitrogens is 3. The van der Waals surface area contributed by atoms with Crippen molar-refractivity contribution in [3.8, 4) is 17.1 Å². The molecule has 138 valence electrons. The van der Waals surface area contributed by atoms with Crippen LogP contribution in [0, 0.1) is 6.92 Å². The summed E-state index contributed by atoms with van der Waals surface area (Å²) in [6.07, 6.45) is 0. The molecule has 0 aliphatic rings. The molecule has 3 aromatic carbocycles. The lowest BCUT2D eigenvalue weighted by atomic mass is 10.2. The number of para-hydroxylation sites is 1. The number of benzene rings is 3. The molecule has 0 saturated carbocycles. The highest BCUT2D eigenvalue weighted by Crippen LogP contribution is 2.23. The van der Waals surface area contributed by atoms with Gasteiger partial charge in [-0.1, -0.05) is 64.0 Å². The molecule has 4 aromatic rings. The summed E-state index contributed by atoms with van der Waals surface area (Å²) in [4.78, 5) is 17.2. The molecule has 5 nitrogen and oxygen atoms in total. The van der Waals surface area contributed by atoms with Crippen molar-refractivity contribution in [3.05, 3.63) is 94.7 Å². The summed E-state index contributed by atoms with van der Waals surface area (Å²) in [7, 11) is 0. The molecule has 1 N–H and O–H groups in total. The second-order valence-electron chi connectivity index (χ2n) is 6.33. The molecular formula is C22H17BrN4O. The largest absolute Gasteiger partial charge is 0.319 e. The average Bonchev–Trinajstić information content (AvgIpc) is 3.16. The Morgan fingerprint density at radius 1 is 0.929 bits per heavy atom. The van der Waals surface area contributed by atoms with Crippen LogP contribution in [0.3, 0.4) is 0 Å². The van der Waals surface area contributed by atoms with Crippen LogP contribution in [0.15, 0.2) is 83.3 Å². The number of amides is 1. The number of anilines is 1. The zero-order valence-electron chi connectivity index (χ0n) is 15.1. The van der Waals surface area contributed by atoms with Gasteiger partial charge in [0.15, 0.2) is 5.82 Å². The van der Waals surface area contributed by atoms with Crippen LogP contribution in [0.5, 0.6) is 0 Å². The Kier molecular flexibility index (Phi) is 5.04. The summed E-state index contributed by atoms with van der Waals surface area (Å²) >= 11 is 3.45. The number of nitrogens with one attached hydrogen (secondary N) is 1. The van der Waals surface area contributed by atoms with E-state index in [2.05, 4.69) is 31.3 Å². The Morgan fingerprint density at radius 3 is 2.29 bits per heavy atom. The van der Waals surface area contributed by atoms with Gasteiger partial charge in [0.1, 0.15) is 0 Å². The molecule has 4 rings (SSSR count). The predicted octanol–water partition coefficient (Wildman–Crippen LogP) is 5.26. The van der Waals surface area contributed by atoms with Gasteiger partial charge in [0, 0.05) is 15.7 Å². The molecule has 0 radical (unpaired) electrons. The smallest absolute Gasteiger partial charge is 0.295 e. The van der Waals surface area contributed by atoms with Crippen LogP contribution in [-0.4, -0.2) is 20.7 Å². The molecule has 0 atom stereocenters. The van der Waals surface area contributed by atoms with E-state index in [4.69, 9.17) is 0 Å². The minimum atomic E-state index is -0.350. The zero-order chi connectivity index (χ0) is 19.5. The predicted molar refractivity (Wildman–Crippen MR) is 114 cm³/mol. The van der Waals surface area contributed by atoms with Gasteiger partial charge in [-0.2, -0.15) is 0 Å². The van der Waals surface area contributed by atoms with Crippen LogP contribution in [0.4, 0.5) is 5.69 Å². The van der Waals surface area contributed by atoms with Crippen molar-refractivity contribution in [2.45, 2.75) is 6.92 Å². The summed E-state index contributed by atoms with van der Waals surface area (Å²) in [5.41, 5.74) is 3.54. The van der Waals surface area contributed by atoms with Gasteiger partial charge in [-0.25, -0.2) is 9.67 Å². The third-order valence-corrected chi connectivity index (χ3v) is 4.75. The molecule has 1 heterocycles. The van der Waals surface area contributed by atoms with Crippen molar-refractivity contribution in [1.29, 1.82) is 0 Å². The van der Waals surface area contributed by atoms with Crippen molar-refractivity contribution in [2.75, 3.05) is 5.32 Å².